The summed E-state index contributed by atoms with van der Waals surface area (Å²) in [7, 11) is 0. The summed E-state index contributed by atoms with van der Waals surface area (Å²) in [6.45, 7) is 9.67. The molecule has 0 aromatic carbocycles. The van der Waals surface area contributed by atoms with Crippen LogP contribution in [0.4, 0.5) is 0 Å². The van der Waals surface area contributed by atoms with Crippen LogP contribution in [0, 0.1) is 0 Å². The van der Waals surface area contributed by atoms with Crippen molar-refractivity contribution in [2.24, 2.45) is 0 Å². The molecule has 84 valence electrons. The molecular weight excluding hydrogens is 215 g/mol. The first-order chi connectivity index (χ1) is 5.20. The molecule has 0 unspecified atom stereocenters. The summed E-state index contributed by atoms with van der Waals surface area (Å²) in [5, 5.41) is 28.6. The third-order valence-electron chi connectivity index (χ3n) is 0. The average molecular weight is 236 g/mol. The van der Waals surface area contributed by atoms with Crippen LogP contribution in [-0.2, 0) is 16.8 Å². The molecule has 0 amide bonds. The standard InChI is InChI=1S/3C3H7O.Co/c3*1-3(2)4;/h3*3H,1-2H3;/q3*-1;+3. The van der Waals surface area contributed by atoms with E-state index in [4.69, 9.17) is 0 Å². The summed E-state index contributed by atoms with van der Waals surface area (Å²) in [6.07, 6.45) is -1.25. The molecule has 0 spiro atoms. The van der Waals surface area contributed by atoms with E-state index in [0.29, 0.717) is 0 Å². The fourth-order valence-electron chi connectivity index (χ4n) is 0. The molecule has 0 saturated carbocycles. The average Bonchev–Trinajstić information content (AvgIpc) is 1.54. The van der Waals surface area contributed by atoms with Gasteiger partial charge >= 0.3 is 16.8 Å². The maximum Gasteiger partial charge on any atom is 3.00 e. The fraction of sp³-hybridized carbons (Fsp3) is 1.00. The number of hydrogen-bond acceptors (Lipinski definition) is 3. The molecule has 0 aromatic heterocycles. The second-order valence-electron chi connectivity index (χ2n) is 3.15. The Morgan fingerprint density at radius 1 is 0.538 bits per heavy atom. The smallest absolute Gasteiger partial charge is 0.852 e. The van der Waals surface area contributed by atoms with E-state index in [1.807, 2.05) is 0 Å². The van der Waals surface area contributed by atoms with E-state index in [2.05, 4.69) is 0 Å². The minimum Gasteiger partial charge on any atom is -0.852 e. The van der Waals surface area contributed by atoms with E-state index in [-0.39, 0.29) is 16.8 Å². The molecule has 0 aliphatic rings. The van der Waals surface area contributed by atoms with Gasteiger partial charge in [0.15, 0.2) is 0 Å². The summed E-state index contributed by atoms with van der Waals surface area (Å²) in [5.41, 5.74) is 0. The Morgan fingerprint density at radius 3 is 0.538 bits per heavy atom. The molecule has 0 bridgehead atoms. The van der Waals surface area contributed by atoms with Crippen LogP contribution in [0.2, 0.25) is 0 Å². The maximum atomic E-state index is 9.53. The normalized spacial score (nSPS) is 8.31. The van der Waals surface area contributed by atoms with E-state index in [1.54, 1.807) is 41.5 Å². The van der Waals surface area contributed by atoms with E-state index < -0.39 is 18.3 Å². The van der Waals surface area contributed by atoms with Gasteiger partial charge in [-0.1, -0.05) is 41.5 Å². The zero-order chi connectivity index (χ0) is 10.7. The van der Waals surface area contributed by atoms with E-state index in [1.165, 1.54) is 0 Å². The quantitative estimate of drug-likeness (QED) is 0.556. The third-order valence-corrected chi connectivity index (χ3v) is 0. The van der Waals surface area contributed by atoms with Gasteiger partial charge in [0.2, 0.25) is 0 Å². The predicted molar refractivity (Wildman–Crippen MR) is 45.4 cm³/mol. The van der Waals surface area contributed by atoms with E-state index in [9.17, 15) is 15.3 Å². The number of rotatable bonds is 0. The third kappa shape index (κ3) is 8950. The van der Waals surface area contributed by atoms with E-state index >= 15 is 0 Å². The Kier molecular flexibility index (Phi) is 32.7. The van der Waals surface area contributed by atoms with Crippen molar-refractivity contribution < 1.29 is 32.1 Å². The van der Waals surface area contributed by atoms with Crippen molar-refractivity contribution in [1.82, 2.24) is 0 Å². The molecule has 3 nitrogen and oxygen atoms in total. The predicted octanol–water partition coefficient (Wildman–Crippen LogP) is -0.737. The molecule has 4 heteroatoms. The molecule has 13 heavy (non-hydrogen) atoms. The Morgan fingerprint density at radius 2 is 0.538 bits per heavy atom. The Bertz CT molecular complexity index is 43.4. The van der Waals surface area contributed by atoms with Gasteiger partial charge in [0.1, 0.15) is 0 Å². The summed E-state index contributed by atoms with van der Waals surface area (Å²) in [6, 6.07) is 0. The van der Waals surface area contributed by atoms with Crippen molar-refractivity contribution in [3.8, 4) is 0 Å². The summed E-state index contributed by atoms with van der Waals surface area (Å²) in [4.78, 5) is 0. The molecule has 0 aliphatic carbocycles. The van der Waals surface area contributed by atoms with Gasteiger partial charge in [-0.2, -0.15) is 0 Å². The number of hydrogen-bond donors (Lipinski definition) is 0. The first-order valence-corrected chi connectivity index (χ1v) is 4.17. The zero-order valence-electron chi connectivity index (χ0n) is 9.29. The largest absolute Gasteiger partial charge is 3.00 e. The minimum absolute atomic E-state index is 0. The van der Waals surface area contributed by atoms with Crippen LogP contribution in [0.5, 0.6) is 0 Å². The van der Waals surface area contributed by atoms with Crippen molar-refractivity contribution in [2.45, 2.75) is 59.9 Å². The van der Waals surface area contributed by atoms with E-state index in [0.717, 1.165) is 0 Å². The summed E-state index contributed by atoms with van der Waals surface area (Å²) in [5.74, 6) is 0. The topological polar surface area (TPSA) is 69.2 Å². The van der Waals surface area contributed by atoms with Crippen LogP contribution in [0.25, 0.3) is 0 Å². The zero-order valence-corrected chi connectivity index (χ0v) is 10.3. The molecule has 0 N–H and O–H groups in total. The van der Waals surface area contributed by atoms with Crippen LogP contribution in [0.1, 0.15) is 41.5 Å². The van der Waals surface area contributed by atoms with Gasteiger partial charge in [0.05, 0.1) is 0 Å². The minimum atomic E-state index is -0.417. The molecule has 0 heterocycles. The van der Waals surface area contributed by atoms with Crippen molar-refractivity contribution in [1.29, 1.82) is 0 Å². The molecule has 0 saturated heterocycles. The first kappa shape index (κ1) is 23.3. The van der Waals surface area contributed by atoms with Gasteiger partial charge in [0, 0.05) is 0 Å². The van der Waals surface area contributed by atoms with Gasteiger partial charge in [-0.3, -0.25) is 0 Å². The van der Waals surface area contributed by atoms with Crippen LogP contribution >= 0.6 is 0 Å². The molecule has 0 aliphatic heterocycles. The van der Waals surface area contributed by atoms with Gasteiger partial charge < -0.3 is 15.3 Å². The first-order valence-electron chi connectivity index (χ1n) is 4.17. The monoisotopic (exact) mass is 236 g/mol. The molecule has 0 radical (unpaired) electrons. The van der Waals surface area contributed by atoms with Crippen LogP contribution < -0.4 is 15.3 Å². The Balaban J connectivity index is -0.0000000450. The van der Waals surface area contributed by atoms with Crippen molar-refractivity contribution in [2.75, 3.05) is 0 Å². The summed E-state index contributed by atoms with van der Waals surface area (Å²) >= 11 is 0. The fourth-order valence-corrected chi connectivity index (χ4v) is 0. The molecule has 0 atom stereocenters. The molecule has 0 rings (SSSR count). The van der Waals surface area contributed by atoms with Gasteiger partial charge in [-0.25, -0.2) is 0 Å². The van der Waals surface area contributed by atoms with Crippen LogP contribution in [0.15, 0.2) is 0 Å². The molecule has 0 aromatic rings. The Labute approximate surface area is 92.4 Å². The Hall–Kier alpha value is 0.386. The van der Waals surface area contributed by atoms with Crippen molar-refractivity contribution >= 4 is 0 Å². The summed E-state index contributed by atoms with van der Waals surface area (Å²) < 4.78 is 0. The van der Waals surface area contributed by atoms with Crippen LogP contribution in [-0.4, -0.2) is 18.3 Å². The molecule has 0 fully saturated rings. The van der Waals surface area contributed by atoms with Gasteiger partial charge in [-0.05, 0) is 0 Å². The van der Waals surface area contributed by atoms with Crippen molar-refractivity contribution in [3.05, 3.63) is 0 Å². The second-order valence-corrected chi connectivity index (χ2v) is 3.15. The molecular formula is C9H21CoO3. The maximum absolute atomic E-state index is 9.53. The van der Waals surface area contributed by atoms with Crippen molar-refractivity contribution in [3.63, 3.8) is 0 Å². The second kappa shape index (κ2) is 18.2. The van der Waals surface area contributed by atoms with Crippen LogP contribution in [0.3, 0.4) is 0 Å². The SMILES string of the molecule is CC(C)[O-].CC(C)[O-].CC(C)[O-].[Co+3]. The van der Waals surface area contributed by atoms with Gasteiger partial charge in [-0.15, -0.1) is 18.3 Å². The van der Waals surface area contributed by atoms with Gasteiger partial charge in [0.25, 0.3) is 0 Å².